The van der Waals surface area contributed by atoms with Gasteiger partial charge in [0.05, 0.1) is 0 Å². The zero-order chi connectivity index (χ0) is 14.7. The average molecular weight is 298 g/mol. The van der Waals surface area contributed by atoms with Crippen LogP contribution in [0.4, 0.5) is 16.2 Å². The smallest absolute Gasteiger partial charge is 0.308 e. The standard InChI is InChI=1S/C17H18N2OS/c1-21-14-10-8-13(9-11-14)18-17(20)19-16-5-3-2-4-15(16)12-6-7-12/h2-5,8-12H,6-7H2,1H3,(H2,18,19,20). The van der Waals surface area contributed by atoms with Gasteiger partial charge in [-0.25, -0.2) is 4.79 Å². The van der Waals surface area contributed by atoms with E-state index >= 15 is 0 Å². The first-order valence-electron chi connectivity index (χ1n) is 7.07. The van der Waals surface area contributed by atoms with Crippen molar-refractivity contribution in [3.8, 4) is 0 Å². The molecule has 2 aromatic rings. The van der Waals surface area contributed by atoms with E-state index in [1.54, 1.807) is 11.8 Å². The van der Waals surface area contributed by atoms with Gasteiger partial charge in [-0.3, -0.25) is 0 Å². The van der Waals surface area contributed by atoms with E-state index in [2.05, 4.69) is 16.7 Å². The Balaban J connectivity index is 1.66. The average Bonchev–Trinajstić information content (AvgIpc) is 3.33. The highest BCUT2D eigenvalue weighted by Crippen LogP contribution is 2.43. The van der Waals surface area contributed by atoms with Crippen LogP contribution in [-0.4, -0.2) is 12.3 Å². The molecule has 4 heteroatoms. The fourth-order valence-electron chi connectivity index (χ4n) is 2.32. The SMILES string of the molecule is CSc1ccc(NC(=O)Nc2ccccc2C2CC2)cc1. The van der Waals surface area contributed by atoms with E-state index < -0.39 is 0 Å². The Hall–Kier alpha value is -1.94. The van der Waals surface area contributed by atoms with Crippen molar-refractivity contribution >= 4 is 29.2 Å². The van der Waals surface area contributed by atoms with Crippen LogP contribution in [0.5, 0.6) is 0 Å². The number of hydrogen-bond donors (Lipinski definition) is 2. The van der Waals surface area contributed by atoms with Crippen LogP contribution >= 0.6 is 11.8 Å². The summed E-state index contributed by atoms with van der Waals surface area (Å²) in [5, 5.41) is 5.82. The van der Waals surface area contributed by atoms with Gasteiger partial charge in [0.15, 0.2) is 0 Å². The van der Waals surface area contributed by atoms with E-state index in [4.69, 9.17) is 0 Å². The maximum Gasteiger partial charge on any atom is 0.323 e. The van der Waals surface area contributed by atoms with Crippen molar-refractivity contribution in [2.24, 2.45) is 0 Å². The van der Waals surface area contributed by atoms with Crippen molar-refractivity contribution in [3.63, 3.8) is 0 Å². The molecule has 1 saturated carbocycles. The Bertz CT molecular complexity index is 635. The number of nitrogens with one attached hydrogen (secondary N) is 2. The quantitative estimate of drug-likeness (QED) is 0.786. The number of urea groups is 1. The van der Waals surface area contributed by atoms with Gasteiger partial charge in [0, 0.05) is 16.3 Å². The second-order valence-corrected chi connectivity index (χ2v) is 6.05. The lowest BCUT2D eigenvalue weighted by molar-refractivity contribution is 0.262. The van der Waals surface area contributed by atoms with Crippen LogP contribution in [0.2, 0.25) is 0 Å². The summed E-state index contributed by atoms with van der Waals surface area (Å²) in [6, 6.07) is 15.7. The highest BCUT2D eigenvalue weighted by atomic mass is 32.2. The minimum absolute atomic E-state index is 0.194. The van der Waals surface area contributed by atoms with E-state index in [0.717, 1.165) is 11.4 Å². The van der Waals surface area contributed by atoms with Crippen molar-refractivity contribution in [2.45, 2.75) is 23.7 Å². The van der Waals surface area contributed by atoms with Crippen molar-refractivity contribution in [2.75, 3.05) is 16.9 Å². The monoisotopic (exact) mass is 298 g/mol. The molecule has 108 valence electrons. The largest absolute Gasteiger partial charge is 0.323 e. The van der Waals surface area contributed by atoms with E-state index in [1.807, 2.05) is 48.7 Å². The number of anilines is 2. The van der Waals surface area contributed by atoms with Gasteiger partial charge in [0.1, 0.15) is 0 Å². The Kier molecular flexibility index (Phi) is 4.15. The zero-order valence-electron chi connectivity index (χ0n) is 11.9. The summed E-state index contributed by atoms with van der Waals surface area (Å²) in [7, 11) is 0. The summed E-state index contributed by atoms with van der Waals surface area (Å²) in [6.45, 7) is 0. The number of hydrogen-bond acceptors (Lipinski definition) is 2. The number of carbonyl (C=O) groups is 1. The molecule has 0 aromatic heterocycles. The Morgan fingerprint density at radius 2 is 1.76 bits per heavy atom. The number of benzene rings is 2. The van der Waals surface area contributed by atoms with Gasteiger partial charge >= 0.3 is 6.03 Å². The molecule has 2 aromatic carbocycles. The van der Waals surface area contributed by atoms with Crippen molar-refractivity contribution < 1.29 is 4.79 Å². The molecule has 0 spiro atoms. The van der Waals surface area contributed by atoms with E-state index in [1.165, 1.54) is 23.3 Å². The molecule has 0 heterocycles. The fourth-order valence-corrected chi connectivity index (χ4v) is 2.73. The van der Waals surface area contributed by atoms with E-state index in [-0.39, 0.29) is 6.03 Å². The second-order valence-electron chi connectivity index (χ2n) is 5.17. The fraction of sp³-hybridized carbons (Fsp3) is 0.235. The minimum atomic E-state index is -0.194. The molecule has 3 rings (SSSR count). The molecule has 0 atom stereocenters. The van der Waals surface area contributed by atoms with Gasteiger partial charge in [-0.15, -0.1) is 11.8 Å². The predicted molar refractivity (Wildman–Crippen MR) is 89.3 cm³/mol. The van der Waals surface area contributed by atoms with Crippen LogP contribution in [0.25, 0.3) is 0 Å². The molecule has 2 N–H and O–H groups in total. The maximum atomic E-state index is 12.1. The van der Waals surface area contributed by atoms with Crippen LogP contribution in [-0.2, 0) is 0 Å². The summed E-state index contributed by atoms with van der Waals surface area (Å²) in [6.07, 6.45) is 4.47. The Morgan fingerprint density at radius 3 is 2.43 bits per heavy atom. The number of rotatable bonds is 4. The summed E-state index contributed by atoms with van der Waals surface area (Å²) < 4.78 is 0. The molecule has 3 nitrogen and oxygen atoms in total. The summed E-state index contributed by atoms with van der Waals surface area (Å²) >= 11 is 1.68. The lowest BCUT2D eigenvalue weighted by Gasteiger charge is -2.11. The third-order valence-corrected chi connectivity index (χ3v) is 4.32. The Labute approximate surface area is 129 Å². The molecule has 0 radical (unpaired) electrons. The zero-order valence-corrected chi connectivity index (χ0v) is 12.7. The van der Waals surface area contributed by atoms with Crippen LogP contribution in [0.15, 0.2) is 53.4 Å². The summed E-state index contributed by atoms with van der Waals surface area (Å²) in [5.41, 5.74) is 2.96. The molecule has 21 heavy (non-hydrogen) atoms. The molecular weight excluding hydrogens is 280 g/mol. The van der Waals surface area contributed by atoms with Gasteiger partial charge < -0.3 is 10.6 Å². The van der Waals surface area contributed by atoms with Crippen LogP contribution in [0, 0.1) is 0 Å². The first-order chi connectivity index (χ1) is 10.3. The summed E-state index contributed by atoms with van der Waals surface area (Å²) in [5.74, 6) is 0.613. The lowest BCUT2D eigenvalue weighted by Crippen LogP contribution is -2.20. The highest BCUT2D eigenvalue weighted by Gasteiger charge is 2.26. The topological polar surface area (TPSA) is 41.1 Å². The number of para-hydroxylation sites is 1. The molecule has 0 saturated heterocycles. The first-order valence-corrected chi connectivity index (χ1v) is 8.30. The summed E-state index contributed by atoms with van der Waals surface area (Å²) in [4.78, 5) is 13.3. The van der Waals surface area contributed by atoms with Crippen molar-refractivity contribution in [1.29, 1.82) is 0 Å². The van der Waals surface area contributed by atoms with Gasteiger partial charge in [-0.05, 0) is 60.9 Å². The lowest BCUT2D eigenvalue weighted by atomic mass is 10.1. The third kappa shape index (κ3) is 3.58. The van der Waals surface area contributed by atoms with Crippen LogP contribution < -0.4 is 10.6 Å². The molecule has 1 fully saturated rings. The molecule has 2 amide bonds. The van der Waals surface area contributed by atoms with Crippen molar-refractivity contribution in [3.05, 3.63) is 54.1 Å². The Morgan fingerprint density at radius 1 is 1.05 bits per heavy atom. The number of carbonyl (C=O) groups excluding carboxylic acids is 1. The van der Waals surface area contributed by atoms with E-state index in [0.29, 0.717) is 5.92 Å². The molecule has 0 bridgehead atoms. The maximum absolute atomic E-state index is 12.1. The molecule has 0 unspecified atom stereocenters. The normalized spacial score (nSPS) is 13.8. The predicted octanol–water partition coefficient (Wildman–Crippen LogP) is 4.93. The molecule has 1 aliphatic carbocycles. The second kappa shape index (κ2) is 6.22. The number of amides is 2. The molecular formula is C17H18N2OS. The third-order valence-electron chi connectivity index (χ3n) is 3.57. The van der Waals surface area contributed by atoms with Gasteiger partial charge in [-0.1, -0.05) is 18.2 Å². The van der Waals surface area contributed by atoms with Crippen LogP contribution in [0.3, 0.4) is 0 Å². The highest BCUT2D eigenvalue weighted by molar-refractivity contribution is 7.98. The van der Waals surface area contributed by atoms with Gasteiger partial charge in [0.25, 0.3) is 0 Å². The number of thioether (sulfide) groups is 1. The molecule has 1 aliphatic rings. The van der Waals surface area contributed by atoms with Crippen LogP contribution in [0.1, 0.15) is 24.3 Å². The first kappa shape index (κ1) is 14.0. The van der Waals surface area contributed by atoms with Gasteiger partial charge in [0.2, 0.25) is 0 Å². The van der Waals surface area contributed by atoms with Gasteiger partial charge in [-0.2, -0.15) is 0 Å². The van der Waals surface area contributed by atoms with Crippen molar-refractivity contribution in [1.82, 2.24) is 0 Å². The van der Waals surface area contributed by atoms with E-state index in [9.17, 15) is 4.79 Å². The molecule has 0 aliphatic heterocycles. The minimum Gasteiger partial charge on any atom is -0.308 e.